The summed E-state index contributed by atoms with van der Waals surface area (Å²) in [6.07, 6.45) is 5.99. The summed E-state index contributed by atoms with van der Waals surface area (Å²) in [5, 5.41) is 2.93. The predicted octanol–water partition coefficient (Wildman–Crippen LogP) is 2.00. The van der Waals surface area contributed by atoms with Gasteiger partial charge in [0.1, 0.15) is 5.82 Å². The van der Waals surface area contributed by atoms with Crippen LogP contribution in [0.3, 0.4) is 0 Å². The van der Waals surface area contributed by atoms with Gasteiger partial charge in [-0.2, -0.15) is 0 Å². The first kappa shape index (κ1) is 15.9. The molecule has 0 radical (unpaired) electrons. The Morgan fingerprint density at radius 1 is 1.28 bits per heavy atom. The van der Waals surface area contributed by atoms with Crippen LogP contribution in [0.4, 0.5) is 0 Å². The van der Waals surface area contributed by atoms with Crippen molar-refractivity contribution in [2.24, 2.45) is 7.05 Å². The Balaban J connectivity index is 1.37. The Bertz CT molecular complexity index is 805. The molecule has 1 aromatic carbocycles. The molecule has 0 aliphatic carbocycles. The van der Waals surface area contributed by atoms with Gasteiger partial charge >= 0.3 is 0 Å². The topological polar surface area (TPSA) is 67.2 Å². The lowest BCUT2D eigenvalue weighted by Crippen LogP contribution is -2.39. The minimum Gasteiger partial charge on any atom is -0.345 e. The number of hydrogen-bond acceptors (Lipinski definition) is 3. The Morgan fingerprint density at radius 2 is 2.04 bits per heavy atom. The van der Waals surface area contributed by atoms with Crippen molar-refractivity contribution in [2.45, 2.75) is 31.2 Å². The van der Waals surface area contributed by atoms with Crippen LogP contribution in [0.25, 0.3) is 0 Å². The van der Waals surface area contributed by atoms with Gasteiger partial charge in [0, 0.05) is 44.0 Å². The van der Waals surface area contributed by atoms with Crippen molar-refractivity contribution < 1.29 is 9.59 Å². The number of rotatable bonds is 3. The summed E-state index contributed by atoms with van der Waals surface area (Å²) in [5.41, 5.74) is 1.62. The standard InChI is InChI=1S/C19H22N4O2/c1-22-11-8-20-18(22)13-6-9-23(10-7-13)17(24)12-16-14-4-2-3-5-15(14)19(25)21-16/h2-5,8,11,13,16H,6-7,9-10,12H2,1H3,(H,21,25). The number of carbonyl (C=O) groups excluding carboxylic acids is 2. The molecule has 1 aromatic heterocycles. The SMILES string of the molecule is Cn1ccnc1C1CCN(C(=O)CC2NC(=O)c3ccccc32)CC1. The van der Waals surface area contributed by atoms with Crippen LogP contribution in [-0.4, -0.2) is 39.4 Å². The number of hydrogen-bond donors (Lipinski definition) is 1. The van der Waals surface area contributed by atoms with Gasteiger partial charge in [-0.3, -0.25) is 9.59 Å². The molecular weight excluding hydrogens is 316 g/mol. The van der Waals surface area contributed by atoms with Gasteiger partial charge in [-0.05, 0) is 24.5 Å². The first-order valence-corrected chi connectivity index (χ1v) is 8.78. The van der Waals surface area contributed by atoms with Crippen molar-refractivity contribution in [3.8, 4) is 0 Å². The highest BCUT2D eigenvalue weighted by molar-refractivity contribution is 5.99. The maximum absolute atomic E-state index is 12.7. The van der Waals surface area contributed by atoms with Crippen molar-refractivity contribution >= 4 is 11.8 Å². The Morgan fingerprint density at radius 3 is 2.76 bits per heavy atom. The number of nitrogens with one attached hydrogen (secondary N) is 1. The second-order valence-electron chi connectivity index (χ2n) is 6.87. The molecule has 1 atom stereocenters. The highest BCUT2D eigenvalue weighted by Gasteiger charge is 2.32. The number of amides is 2. The van der Waals surface area contributed by atoms with Crippen LogP contribution in [-0.2, 0) is 11.8 Å². The lowest BCUT2D eigenvalue weighted by molar-refractivity contribution is -0.132. The highest BCUT2D eigenvalue weighted by Crippen LogP contribution is 2.30. The third kappa shape index (κ3) is 2.92. The van der Waals surface area contributed by atoms with Crippen LogP contribution in [0, 0.1) is 0 Å². The fraction of sp³-hybridized carbons (Fsp3) is 0.421. The number of aryl methyl sites for hydroxylation is 1. The molecule has 1 N–H and O–H groups in total. The number of imidazole rings is 1. The molecule has 2 amide bonds. The quantitative estimate of drug-likeness (QED) is 0.931. The maximum atomic E-state index is 12.7. The summed E-state index contributed by atoms with van der Waals surface area (Å²) < 4.78 is 2.06. The Kier molecular flexibility index (Phi) is 4.03. The van der Waals surface area contributed by atoms with Gasteiger partial charge in [0.05, 0.1) is 12.5 Å². The van der Waals surface area contributed by atoms with Gasteiger partial charge < -0.3 is 14.8 Å². The molecule has 2 aliphatic rings. The molecule has 2 aromatic rings. The summed E-state index contributed by atoms with van der Waals surface area (Å²) in [6, 6.07) is 7.30. The molecule has 0 bridgehead atoms. The van der Waals surface area contributed by atoms with Crippen LogP contribution >= 0.6 is 0 Å². The monoisotopic (exact) mass is 338 g/mol. The zero-order valence-electron chi connectivity index (χ0n) is 14.3. The molecular formula is C19H22N4O2. The van der Waals surface area contributed by atoms with E-state index in [0.717, 1.165) is 37.3 Å². The number of fused-ring (bicyclic) bond motifs is 1. The zero-order valence-corrected chi connectivity index (χ0v) is 14.3. The van der Waals surface area contributed by atoms with Crippen LogP contribution in [0.1, 0.15) is 53.0 Å². The second kappa shape index (κ2) is 6.35. The Hall–Kier alpha value is -2.63. The number of benzene rings is 1. The van der Waals surface area contributed by atoms with Gasteiger partial charge in [-0.15, -0.1) is 0 Å². The van der Waals surface area contributed by atoms with Crippen LogP contribution in [0.15, 0.2) is 36.7 Å². The number of nitrogens with zero attached hydrogens (tertiary/aromatic N) is 3. The van der Waals surface area contributed by atoms with E-state index in [2.05, 4.69) is 14.9 Å². The van der Waals surface area contributed by atoms with E-state index in [9.17, 15) is 9.59 Å². The minimum absolute atomic E-state index is 0.0816. The Labute approximate surface area is 146 Å². The molecule has 1 unspecified atom stereocenters. The molecule has 3 heterocycles. The van der Waals surface area contributed by atoms with Gasteiger partial charge in [0.2, 0.25) is 5.91 Å². The van der Waals surface area contributed by atoms with E-state index in [-0.39, 0.29) is 17.9 Å². The molecule has 1 fully saturated rings. The molecule has 0 saturated carbocycles. The van der Waals surface area contributed by atoms with E-state index in [1.165, 1.54) is 0 Å². The van der Waals surface area contributed by atoms with Crippen LogP contribution < -0.4 is 5.32 Å². The van der Waals surface area contributed by atoms with Crippen LogP contribution in [0.5, 0.6) is 0 Å². The van der Waals surface area contributed by atoms with Crippen LogP contribution in [0.2, 0.25) is 0 Å². The summed E-state index contributed by atoms with van der Waals surface area (Å²) in [6.45, 7) is 1.50. The highest BCUT2D eigenvalue weighted by atomic mass is 16.2. The average Bonchev–Trinajstić information content (AvgIpc) is 3.19. The second-order valence-corrected chi connectivity index (χ2v) is 6.87. The molecule has 2 aliphatic heterocycles. The van der Waals surface area contributed by atoms with E-state index in [1.807, 2.05) is 48.6 Å². The first-order valence-electron chi connectivity index (χ1n) is 8.78. The first-order chi connectivity index (χ1) is 12.1. The van der Waals surface area contributed by atoms with Gasteiger partial charge in [-0.25, -0.2) is 4.98 Å². The largest absolute Gasteiger partial charge is 0.345 e. The average molecular weight is 338 g/mol. The molecule has 6 heteroatoms. The zero-order chi connectivity index (χ0) is 17.4. The number of piperidine rings is 1. The molecule has 0 spiro atoms. The normalized spacial score (nSPS) is 20.4. The smallest absolute Gasteiger partial charge is 0.252 e. The van der Waals surface area contributed by atoms with Crippen molar-refractivity contribution in [2.75, 3.05) is 13.1 Å². The fourth-order valence-corrected chi connectivity index (χ4v) is 3.94. The lowest BCUT2D eigenvalue weighted by Gasteiger charge is -2.32. The lowest BCUT2D eigenvalue weighted by atomic mass is 9.95. The molecule has 4 rings (SSSR count). The van der Waals surface area contributed by atoms with Gasteiger partial charge in [-0.1, -0.05) is 18.2 Å². The van der Waals surface area contributed by atoms with Crippen molar-refractivity contribution in [1.29, 1.82) is 0 Å². The third-order valence-electron chi connectivity index (χ3n) is 5.34. The van der Waals surface area contributed by atoms with E-state index in [0.29, 0.717) is 17.9 Å². The maximum Gasteiger partial charge on any atom is 0.252 e. The fourth-order valence-electron chi connectivity index (χ4n) is 3.94. The third-order valence-corrected chi connectivity index (χ3v) is 5.34. The van der Waals surface area contributed by atoms with E-state index < -0.39 is 0 Å². The summed E-state index contributed by atoms with van der Waals surface area (Å²) in [7, 11) is 2.01. The molecule has 1 saturated heterocycles. The van der Waals surface area contributed by atoms with Crippen molar-refractivity contribution in [3.63, 3.8) is 0 Å². The molecule has 6 nitrogen and oxygen atoms in total. The number of likely N-dealkylation sites (tertiary alicyclic amines) is 1. The van der Waals surface area contributed by atoms with Crippen molar-refractivity contribution in [3.05, 3.63) is 53.6 Å². The predicted molar refractivity (Wildman–Crippen MR) is 93.0 cm³/mol. The van der Waals surface area contributed by atoms with Gasteiger partial charge in [0.25, 0.3) is 5.91 Å². The van der Waals surface area contributed by atoms with Crippen molar-refractivity contribution in [1.82, 2.24) is 19.8 Å². The van der Waals surface area contributed by atoms with E-state index in [4.69, 9.17) is 0 Å². The summed E-state index contributed by atoms with van der Waals surface area (Å²) in [5.74, 6) is 1.54. The van der Waals surface area contributed by atoms with Gasteiger partial charge in [0.15, 0.2) is 0 Å². The molecule has 130 valence electrons. The number of carbonyl (C=O) groups is 2. The summed E-state index contributed by atoms with van der Waals surface area (Å²) in [4.78, 5) is 31.0. The minimum atomic E-state index is -0.205. The van der Waals surface area contributed by atoms with E-state index >= 15 is 0 Å². The summed E-state index contributed by atoms with van der Waals surface area (Å²) >= 11 is 0. The number of aromatic nitrogens is 2. The molecule has 25 heavy (non-hydrogen) atoms. The van der Waals surface area contributed by atoms with E-state index in [1.54, 1.807) is 0 Å².